The number of rotatable bonds is 3. The van der Waals surface area contributed by atoms with E-state index in [4.69, 9.17) is 5.26 Å². The van der Waals surface area contributed by atoms with Crippen LogP contribution in [0.25, 0.3) is 0 Å². The van der Waals surface area contributed by atoms with Crippen molar-refractivity contribution in [3.05, 3.63) is 29.8 Å². The lowest BCUT2D eigenvalue weighted by Crippen LogP contribution is -2.50. The van der Waals surface area contributed by atoms with Crippen molar-refractivity contribution in [2.75, 3.05) is 11.9 Å². The summed E-state index contributed by atoms with van der Waals surface area (Å²) in [5.74, 6) is -0.00223. The summed E-state index contributed by atoms with van der Waals surface area (Å²) in [6, 6.07) is 9.05. The summed E-state index contributed by atoms with van der Waals surface area (Å²) in [5.41, 5.74) is 0.793. The Morgan fingerprint density at radius 1 is 1.61 bits per heavy atom. The Morgan fingerprint density at radius 2 is 2.44 bits per heavy atom. The molecule has 4 nitrogen and oxygen atoms in total. The van der Waals surface area contributed by atoms with E-state index in [9.17, 15) is 4.79 Å². The molecular formula is C14H17N3O. The summed E-state index contributed by atoms with van der Waals surface area (Å²) in [7, 11) is 0. The standard InChI is InChI=1S/C14H17N3O/c1-2-14(7-4-8-16-14)13(18)17-12-6-3-5-11(9-12)10-15/h3,5-6,9,16H,2,4,7-8H2,1H3,(H,17,18). The maximum absolute atomic E-state index is 12.3. The third kappa shape index (κ3) is 2.36. The molecule has 1 aromatic carbocycles. The van der Waals surface area contributed by atoms with Gasteiger partial charge in [0.05, 0.1) is 17.2 Å². The SMILES string of the molecule is CCC1(C(=O)Nc2cccc(C#N)c2)CCCN1. The first-order valence-corrected chi connectivity index (χ1v) is 6.27. The fraction of sp³-hybridized carbons (Fsp3) is 0.429. The molecule has 1 aliphatic rings. The van der Waals surface area contributed by atoms with Crippen LogP contribution in [-0.4, -0.2) is 18.0 Å². The van der Waals surface area contributed by atoms with Gasteiger partial charge >= 0.3 is 0 Å². The van der Waals surface area contributed by atoms with Crippen LogP contribution >= 0.6 is 0 Å². The van der Waals surface area contributed by atoms with Crippen molar-refractivity contribution in [2.24, 2.45) is 0 Å². The second-order valence-electron chi connectivity index (χ2n) is 4.61. The molecule has 0 saturated carbocycles. The second kappa shape index (κ2) is 5.19. The lowest BCUT2D eigenvalue weighted by Gasteiger charge is -2.26. The van der Waals surface area contributed by atoms with E-state index in [1.54, 1.807) is 24.3 Å². The number of carbonyl (C=O) groups excluding carboxylic acids is 1. The number of carbonyl (C=O) groups is 1. The van der Waals surface area contributed by atoms with Crippen LogP contribution in [0.4, 0.5) is 5.69 Å². The zero-order chi connectivity index (χ0) is 13.0. The average molecular weight is 243 g/mol. The zero-order valence-corrected chi connectivity index (χ0v) is 10.5. The summed E-state index contributed by atoms with van der Waals surface area (Å²) in [5, 5.41) is 15.0. The third-order valence-electron chi connectivity index (χ3n) is 3.53. The first-order valence-electron chi connectivity index (χ1n) is 6.27. The molecule has 1 aliphatic heterocycles. The predicted octanol–water partition coefficient (Wildman–Crippen LogP) is 2.03. The van der Waals surface area contributed by atoms with Gasteiger partial charge in [0.1, 0.15) is 0 Å². The van der Waals surface area contributed by atoms with Crippen molar-refractivity contribution in [2.45, 2.75) is 31.7 Å². The van der Waals surface area contributed by atoms with Crippen molar-refractivity contribution >= 4 is 11.6 Å². The Kier molecular flexibility index (Phi) is 3.63. The van der Waals surface area contributed by atoms with Gasteiger partial charge in [-0.2, -0.15) is 5.26 Å². The number of amides is 1. The monoisotopic (exact) mass is 243 g/mol. The molecule has 94 valence electrons. The van der Waals surface area contributed by atoms with Gasteiger partial charge in [-0.05, 0) is 44.0 Å². The van der Waals surface area contributed by atoms with E-state index in [0.717, 1.165) is 25.8 Å². The van der Waals surface area contributed by atoms with E-state index in [2.05, 4.69) is 16.7 Å². The van der Waals surface area contributed by atoms with Crippen LogP contribution in [0.3, 0.4) is 0 Å². The summed E-state index contributed by atoms with van der Waals surface area (Å²) in [6.45, 7) is 2.91. The minimum absolute atomic E-state index is 0.00223. The molecule has 1 saturated heterocycles. The summed E-state index contributed by atoms with van der Waals surface area (Å²) in [4.78, 5) is 12.3. The molecule has 1 amide bonds. The normalized spacial score (nSPS) is 22.4. The maximum atomic E-state index is 12.3. The van der Waals surface area contributed by atoms with Gasteiger partial charge in [-0.3, -0.25) is 4.79 Å². The molecular weight excluding hydrogens is 226 g/mol. The second-order valence-corrected chi connectivity index (χ2v) is 4.61. The number of benzene rings is 1. The van der Waals surface area contributed by atoms with Crippen LogP contribution in [-0.2, 0) is 4.79 Å². The van der Waals surface area contributed by atoms with Gasteiger partial charge in [-0.1, -0.05) is 13.0 Å². The zero-order valence-electron chi connectivity index (χ0n) is 10.5. The van der Waals surface area contributed by atoms with Gasteiger partial charge in [0.15, 0.2) is 0 Å². The summed E-state index contributed by atoms with van der Waals surface area (Å²) >= 11 is 0. The molecule has 1 unspecified atom stereocenters. The van der Waals surface area contributed by atoms with E-state index in [-0.39, 0.29) is 5.91 Å². The van der Waals surface area contributed by atoms with Crippen LogP contribution in [0.5, 0.6) is 0 Å². The molecule has 2 rings (SSSR count). The summed E-state index contributed by atoms with van der Waals surface area (Å²) in [6.07, 6.45) is 2.67. The number of anilines is 1. The van der Waals surface area contributed by atoms with Crippen LogP contribution in [0.2, 0.25) is 0 Å². The smallest absolute Gasteiger partial charge is 0.244 e. The quantitative estimate of drug-likeness (QED) is 0.853. The highest BCUT2D eigenvalue weighted by atomic mass is 16.2. The molecule has 0 aromatic heterocycles. The van der Waals surface area contributed by atoms with Gasteiger partial charge in [0.25, 0.3) is 0 Å². The molecule has 0 spiro atoms. The van der Waals surface area contributed by atoms with Crippen molar-refractivity contribution in [3.63, 3.8) is 0 Å². The molecule has 0 aliphatic carbocycles. The largest absolute Gasteiger partial charge is 0.324 e. The van der Waals surface area contributed by atoms with E-state index in [1.807, 2.05) is 6.92 Å². The lowest BCUT2D eigenvalue weighted by molar-refractivity contribution is -0.122. The molecule has 18 heavy (non-hydrogen) atoms. The highest BCUT2D eigenvalue weighted by molar-refractivity contribution is 5.98. The van der Waals surface area contributed by atoms with Gasteiger partial charge in [-0.25, -0.2) is 0 Å². The average Bonchev–Trinajstić information content (AvgIpc) is 2.89. The van der Waals surface area contributed by atoms with E-state index in [1.165, 1.54) is 0 Å². The van der Waals surface area contributed by atoms with Gasteiger partial charge < -0.3 is 10.6 Å². The fourth-order valence-electron chi connectivity index (χ4n) is 2.38. The van der Waals surface area contributed by atoms with E-state index >= 15 is 0 Å². The number of nitriles is 1. The maximum Gasteiger partial charge on any atom is 0.244 e. The van der Waals surface area contributed by atoms with Crippen LogP contribution in [0.1, 0.15) is 31.7 Å². The molecule has 0 radical (unpaired) electrons. The van der Waals surface area contributed by atoms with Gasteiger partial charge in [0.2, 0.25) is 5.91 Å². The molecule has 1 heterocycles. The first kappa shape index (κ1) is 12.6. The fourth-order valence-corrected chi connectivity index (χ4v) is 2.38. The van der Waals surface area contributed by atoms with E-state index < -0.39 is 5.54 Å². The van der Waals surface area contributed by atoms with Gasteiger partial charge in [-0.15, -0.1) is 0 Å². The predicted molar refractivity (Wildman–Crippen MR) is 70.0 cm³/mol. The molecule has 4 heteroatoms. The van der Waals surface area contributed by atoms with Crippen LogP contribution < -0.4 is 10.6 Å². The number of hydrogen-bond acceptors (Lipinski definition) is 3. The Morgan fingerprint density at radius 3 is 3.06 bits per heavy atom. The van der Waals surface area contributed by atoms with Crippen LogP contribution in [0, 0.1) is 11.3 Å². The molecule has 2 N–H and O–H groups in total. The Balaban J connectivity index is 2.13. The van der Waals surface area contributed by atoms with Crippen LogP contribution in [0.15, 0.2) is 24.3 Å². The summed E-state index contributed by atoms with van der Waals surface area (Å²) < 4.78 is 0. The third-order valence-corrected chi connectivity index (χ3v) is 3.53. The van der Waals surface area contributed by atoms with Crippen molar-refractivity contribution < 1.29 is 4.79 Å². The van der Waals surface area contributed by atoms with Crippen molar-refractivity contribution in [3.8, 4) is 6.07 Å². The topological polar surface area (TPSA) is 64.9 Å². The number of nitrogens with one attached hydrogen (secondary N) is 2. The minimum atomic E-state index is -0.442. The Hall–Kier alpha value is -1.86. The van der Waals surface area contributed by atoms with Crippen molar-refractivity contribution in [1.29, 1.82) is 5.26 Å². The van der Waals surface area contributed by atoms with Crippen molar-refractivity contribution in [1.82, 2.24) is 5.32 Å². The van der Waals surface area contributed by atoms with E-state index in [0.29, 0.717) is 11.3 Å². The first-order chi connectivity index (χ1) is 8.70. The number of nitrogens with zero attached hydrogens (tertiary/aromatic N) is 1. The number of hydrogen-bond donors (Lipinski definition) is 2. The highest BCUT2D eigenvalue weighted by Crippen LogP contribution is 2.25. The Labute approximate surface area is 107 Å². The minimum Gasteiger partial charge on any atom is -0.324 e. The highest BCUT2D eigenvalue weighted by Gasteiger charge is 2.38. The molecule has 0 bridgehead atoms. The molecule has 1 aromatic rings. The molecule has 1 fully saturated rings. The molecule has 1 atom stereocenters. The Bertz CT molecular complexity index is 484. The van der Waals surface area contributed by atoms with Gasteiger partial charge in [0, 0.05) is 5.69 Å². The lowest BCUT2D eigenvalue weighted by atomic mass is 9.93.